The first-order valence-electron chi connectivity index (χ1n) is 6.77. The molecule has 2 heterocycles. The molecule has 1 aliphatic rings. The summed E-state index contributed by atoms with van der Waals surface area (Å²) in [7, 11) is 1.93. The molecule has 98 valence electrons. The molecule has 1 aromatic heterocycles. The fourth-order valence-corrected chi connectivity index (χ4v) is 2.72. The summed E-state index contributed by atoms with van der Waals surface area (Å²) in [6.07, 6.45) is 2.98. The van der Waals surface area contributed by atoms with Gasteiger partial charge in [0.05, 0.1) is 0 Å². The van der Waals surface area contributed by atoms with E-state index in [4.69, 9.17) is 0 Å². The zero-order valence-corrected chi connectivity index (χ0v) is 11.3. The van der Waals surface area contributed by atoms with Gasteiger partial charge >= 0.3 is 0 Å². The Morgan fingerprint density at radius 2 is 2.00 bits per heavy atom. The third kappa shape index (κ3) is 2.61. The van der Waals surface area contributed by atoms with Crippen molar-refractivity contribution in [2.45, 2.75) is 19.5 Å². The molecule has 3 rings (SSSR count). The highest BCUT2D eigenvalue weighted by molar-refractivity contribution is 5.43. The quantitative estimate of drug-likeness (QED) is 0.911. The van der Waals surface area contributed by atoms with E-state index in [2.05, 4.69) is 45.5 Å². The molecular formula is C16H19N3. The third-order valence-electron chi connectivity index (χ3n) is 3.73. The van der Waals surface area contributed by atoms with Crippen molar-refractivity contribution in [2.24, 2.45) is 0 Å². The summed E-state index contributed by atoms with van der Waals surface area (Å²) in [5, 5.41) is 3.17. The van der Waals surface area contributed by atoms with Crippen LogP contribution < -0.4 is 5.32 Å². The second-order valence-electron chi connectivity index (χ2n) is 4.99. The summed E-state index contributed by atoms with van der Waals surface area (Å²) in [4.78, 5) is 6.86. The van der Waals surface area contributed by atoms with Gasteiger partial charge in [0.15, 0.2) is 0 Å². The van der Waals surface area contributed by atoms with Gasteiger partial charge in [-0.3, -0.25) is 4.90 Å². The molecule has 0 fully saturated rings. The Kier molecular flexibility index (Phi) is 3.47. The van der Waals surface area contributed by atoms with Crippen molar-refractivity contribution in [3.63, 3.8) is 0 Å². The second kappa shape index (κ2) is 5.41. The van der Waals surface area contributed by atoms with Crippen molar-refractivity contribution in [3.8, 4) is 0 Å². The summed E-state index contributed by atoms with van der Waals surface area (Å²) in [6, 6.07) is 12.9. The van der Waals surface area contributed by atoms with Gasteiger partial charge < -0.3 is 5.32 Å². The van der Waals surface area contributed by atoms with Crippen LogP contribution >= 0.6 is 0 Å². The summed E-state index contributed by atoms with van der Waals surface area (Å²) in [6.45, 7) is 3.11. The fraction of sp³-hybridized carbons (Fsp3) is 0.312. The van der Waals surface area contributed by atoms with Crippen LogP contribution in [0.3, 0.4) is 0 Å². The molecule has 0 unspecified atom stereocenters. The molecule has 1 aromatic carbocycles. The smallest absolute Gasteiger partial charge is 0.130 e. The number of hydrogen-bond donors (Lipinski definition) is 1. The zero-order valence-electron chi connectivity index (χ0n) is 11.3. The summed E-state index contributed by atoms with van der Waals surface area (Å²) in [5.41, 5.74) is 4.23. The molecule has 3 heteroatoms. The lowest BCUT2D eigenvalue weighted by molar-refractivity contribution is 0.246. The number of rotatable bonds is 3. The average Bonchev–Trinajstić information content (AvgIpc) is 2.48. The number of benzene rings is 1. The van der Waals surface area contributed by atoms with Crippen molar-refractivity contribution in [2.75, 3.05) is 18.9 Å². The van der Waals surface area contributed by atoms with E-state index >= 15 is 0 Å². The molecule has 0 atom stereocenters. The van der Waals surface area contributed by atoms with Crippen molar-refractivity contribution < 1.29 is 0 Å². The highest BCUT2D eigenvalue weighted by Gasteiger charge is 2.16. The van der Waals surface area contributed by atoms with Crippen molar-refractivity contribution in [3.05, 3.63) is 59.3 Å². The fourth-order valence-electron chi connectivity index (χ4n) is 2.72. The van der Waals surface area contributed by atoms with E-state index in [1.165, 1.54) is 16.7 Å². The van der Waals surface area contributed by atoms with Crippen LogP contribution in [-0.2, 0) is 19.5 Å². The van der Waals surface area contributed by atoms with Gasteiger partial charge in [0.1, 0.15) is 5.82 Å². The molecular weight excluding hydrogens is 234 g/mol. The minimum Gasteiger partial charge on any atom is -0.373 e. The molecule has 0 radical (unpaired) electrons. The standard InChI is InChI=1S/C16H19N3/c1-17-16-15(7-4-9-18-16)12-19-10-8-13-5-2-3-6-14(13)11-19/h2-7,9H,8,10-12H2,1H3,(H,17,18). The Balaban J connectivity index is 1.75. The number of nitrogens with one attached hydrogen (secondary N) is 1. The van der Waals surface area contributed by atoms with E-state index in [0.29, 0.717) is 0 Å². The van der Waals surface area contributed by atoms with E-state index in [1.807, 2.05) is 19.3 Å². The van der Waals surface area contributed by atoms with Crippen molar-refractivity contribution in [1.82, 2.24) is 9.88 Å². The van der Waals surface area contributed by atoms with Crippen LogP contribution in [0.2, 0.25) is 0 Å². The number of hydrogen-bond acceptors (Lipinski definition) is 3. The van der Waals surface area contributed by atoms with Crippen LogP contribution in [0.25, 0.3) is 0 Å². The lowest BCUT2D eigenvalue weighted by Crippen LogP contribution is -2.30. The highest BCUT2D eigenvalue weighted by Crippen LogP contribution is 2.21. The van der Waals surface area contributed by atoms with Crippen LogP contribution in [0.4, 0.5) is 5.82 Å². The van der Waals surface area contributed by atoms with Gasteiger partial charge in [0, 0.05) is 38.4 Å². The van der Waals surface area contributed by atoms with Crippen LogP contribution in [0.1, 0.15) is 16.7 Å². The van der Waals surface area contributed by atoms with Gasteiger partial charge in [-0.2, -0.15) is 0 Å². The lowest BCUT2D eigenvalue weighted by Gasteiger charge is -2.29. The van der Waals surface area contributed by atoms with Crippen molar-refractivity contribution >= 4 is 5.82 Å². The maximum atomic E-state index is 4.37. The molecule has 0 amide bonds. The molecule has 3 nitrogen and oxygen atoms in total. The maximum Gasteiger partial charge on any atom is 0.130 e. The van der Waals surface area contributed by atoms with Gasteiger partial charge in [0.2, 0.25) is 0 Å². The molecule has 0 bridgehead atoms. The van der Waals surface area contributed by atoms with Gasteiger partial charge in [-0.15, -0.1) is 0 Å². The predicted octanol–water partition coefficient (Wildman–Crippen LogP) is 2.68. The van der Waals surface area contributed by atoms with E-state index in [0.717, 1.165) is 31.9 Å². The van der Waals surface area contributed by atoms with Gasteiger partial charge in [-0.1, -0.05) is 30.3 Å². The maximum absolute atomic E-state index is 4.37. The largest absolute Gasteiger partial charge is 0.373 e. The predicted molar refractivity (Wildman–Crippen MR) is 78.0 cm³/mol. The van der Waals surface area contributed by atoms with E-state index < -0.39 is 0 Å². The number of aromatic nitrogens is 1. The second-order valence-corrected chi connectivity index (χ2v) is 4.99. The molecule has 1 aliphatic heterocycles. The van der Waals surface area contributed by atoms with Crippen LogP contribution in [0.5, 0.6) is 0 Å². The van der Waals surface area contributed by atoms with E-state index in [1.54, 1.807) is 0 Å². The van der Waals surface area contributed by atoms with Crippen molar-refractivity contribution in [1.29, 1.82) is 0 Å². The Labute approximate surface area is 114 Å². The van der Waals surface area contributed by atoms with Crippen LogP contribution in [-0.4, -0.2) is 23.5 Å². The molecule has 0 saturated carbocycles. The number of fused-ring (bicyclic) bond motifs is 1. The summed E-state index contributed by atoms with van der Waals surface area (Å²) in [5.74, 6) is 0.987. The highest BCUT2D eigenvalue weighted by atomic mass is 15.1. The van der Waals surface area contributed by atoms with Gasteiger partial charge in [-0.25, -0.2) is 4.98 Å². The molecule has 0 saturated heterocycles. The van der Waals surface area contributed by atoms with Gasteiger partial charge in [-0.05, 0) is 23.6 Å². The number of anilines is 1. The molecule has 0 spiro atoms. The Morgan fingerprint density at radius 3 is 2.84 bits per heavy atom. The van der Waals surface area contributed by atoms with Gasteiger partial charge in [0.25, 0.3) is 0 Å². The third-order valence-corrected chi connectivity index (χ3v) is 3.73. The topological polar surface area (TPSA) is 28.2 Å². The first-order chi connectivity index (χ1) is 9.36. The van der Waals surface area contributed by atoms with Crippen LogP contribution in [0.15, 0.2) is 42.6 Å². The zero-order chi connectivity index (χ0) is 13.1. The minimum atomic E-state index is 0.957. The lowest BCUT2D eigenvalue weighted by atomic mass is 9.99. The molecule has 2 aromatic rings. The number of nitrogens with zero attached hydrogens (tertiary/aromatic N) is 2. The minimum absolute atomic E-state index is 0.957. The SMILES string of the molecule is CNc1ncccc1CN1CCc2ccccc2C1. The normalized spacial score (nSPS) is 15.0. The van der Waals surface area contributed by atoms with E-state index in [9.17, 15) is 0 Å². The monoisotopic (exact) mass is 253 g/mol. The first kappa shape index (κ1) is 12.2. The van der Waals surface area contributed by atoms with E-state index in [-0.39, 0.29) is 0 Å². The number of pyridine rings is 1. The average molecular weight is 253 g/mol. The molecule has 1 N–H and O–H groups in total. The molecule has 0 aliphatic carbocycles. The molecule has 19 heavy (non-hydrogen) atoms. The Morgan fingerprint density at radius 1 is 1.16 bits per heavy atom. The Bertz CT molecular complexity index is 565. The first-order valence-corrected chi connectivity index (χ1v) is 6.77. The Hall–Kier alpha value is -1.87. The summed E-state index contributed by atoms with van der Waals surface area (Å²) >= 11 is 0. The van der Waals surface area contributed by atoms with Crippen LogP contribution in [0, 0.1) is 0 Å². The summed E-state index contributed by atoms with van der Waals surface area (Å²) < 4.78 is 0.